The molecule has 2 atom stereocenters. The van der Waals surface area contributed by atoms with Crippen molar-refractivity contribution in [2.75, 3.05) is 20.1 Å². The minimum Gasteiger partial charge on any atom is -0.330 e. The van der Waals surface area contributed by atoms with Gasteiger partial charge in [0.2, 0.25) is 0 Å². The summed E-state index contributed by atoms with van der Waals surface area (Å²) in [6.45, 7) is 4.89. The lowest BCUT2D eigenvalue weighted by molar-refractivity contribution is 0.371. The van der Waals surface area contributed by atoms with Crippen LogP contribution in [0.2, 0.25) is 0 Å². The molecule has 1 aliphatic carbocycles. The van der Waals surface area contributed by atoms with Crippen molar-refractivity contribution in [1.29, 1.82) is 0 Å². The first-order valence-corrected chi connectivity index (χ1v) is 7.75. The van der Waals surface area contributed by atoms with E-state index < -0.39 is 10.2 Å². The van der Waals surface area contributed by atoms with Crippen LogP contribution in [0.3, 0.4) is 0 Å². The van der Waals surface area contributed by atoms with Crippen molar-refractivity contribution in [1.82, 2.24) is 9.03 Å². The quantitative estimate of drug-likeness (QED) is 0.734. The summed E-state index contributed by atoms with van der Waals surface area (Å²) in [5.41, 5.74) is 5.68. The van der Waals surface area contributed by atoms with Crippen LogP contribution < -0.4 is 10.5 Å². The number of hydrogen-bond acceptors (Lipinski definition) is 3. The SMILES string of the molecule is CC(C)N(C)S(=O)(=O)NCC1CCCC1CN. The molecule has 1 fully saturated rings. The minimum absolute atomic E-state index is 0.0265. The second-order valence-electron chi connectivity index (χ2n) is 5.15. The molecule has 0 radical (unpaired) electrons. The molecule has 6 heteroatoms. The monoisotopic (exact) mass is 263 g/mol. The first-order valence-electron chi connectivity index (χ1n) is 6.31. The Morgan fingerprint density at radius 1 is 1.35 bits per heavy atom. The molecule has 0 bridgehead atoms. The van der Waals surface area contributed by atoms with E-state index in [2.05, 4.69) is 4.72 Å². The fourth-order valence-electron chi connectivity index (χ4n) is 2.28. The Morgan fingerprint density at radius 3 is 2.47 bits per heavy atom. The van der Waals surface area contributed by atoms with Crippen LogP contribution in [0, 0.1) is 11.8 Å². The van der Waals surface area contributed by atoms with Crippen LogP contribution in [0.4, 0.5) is 0 Å². The molecule has 1 rings (SSSR count). The summed E-state index contributed by atoms with van der Waals surface area (Å²) in [6, 6.07) is -0.0265. The topological polar surface area (TPSA) is 75.4 Å². The van der Waals surface area contributed by atoms with Gasteiger partial charge in [-0.3, -0.25) is 0 Å². The highest BCUT2D eigenvalue weighted by Gasteiger charge is 2.28. The molecule has 0 saturated heterocycles. The lowest BCUT2D eigenvalue weighted by atomic mass is 9.97. The van der Waals surface area contributed by atoms with Crippen molar-refractivity contribution in [3.8, 4) is 0 Å². The van der Waals surface area contributed by atoms with Gasteiger partial charge in [0.25, 0.3) is 10.2 Å². The average molecular weight is 263 g/mol. The standard InChI is InChI=1S/C11H25N3O2S/c1-9(2)14(3)17(15,16)13-8-11-6-4-5-10(11)7-12/h9-11,13H,4-8,12H2,1-3H3. The van der Waals surface area contributed by atoms with E-state index in [0.29, 0.717) is 24.9 Å². The van der Waals surface area contributed by atoms with Crippen LogP contribution in [0.15, 0.2) is 0 Å². The molecule has 17 heavy (non-hydrogen) atoms. The summed E-state index contributed by atoms with van der Waals surface area (Å²) in [4.78, 5) is 0. The Labute approximate surface area is 105 Å². The van der Waals surface area contributed by atoms with Crippen LogP contribution in [-0.4, -0.2) is 38.9 Å². The van der Waals surface area contributed by atoms with Crippen LogP contribution in [0.1, 0.15) is 33.1 Å². The molecule has 0 heterocycles. The van der Waals surface area contributed by atoms with Gasteiger partial charge in [0.15, 0.2) is 0 Å². The fraction of sp³-hybridized carbons (Fsp3) is 1.00. The van der Waals surface area contributed by atoms with E-state index in [1.165, 1.54) is 4.31 Å². The summed E-state index contributed by atoms with van der Waals surface area (Å²) in [5.74, 6) is 0.873. The molecule has 1 aliphatic rings. The summed E-state index contributed by atoms with van der Waals surface area (Å²) in [7, 11) is -1.74. The summed E-state index contributed by atoms with van der Waals surface area (Å²) in [6.07, 6.45) is 3.37. The van der Waals surface area contributed by atoms with Gasteiger partial charge >= 0.3 is 0 Å². The van der Waals surface area contributed by atoms with E-state index in [9.17, 15) is 8.42 Å². The number of nitrogens with one attached hydrogen (secondary N) is 1. The van der Waals surface area contributed by atoms with Crippen molar-refractivity contribution in [2.45, 2.75) is 39.2 Å². The Bertz CT molecular complexity index is 330. The van der Waals surface area contributed by atoms with E-state index >= 15 is 0 Å². The smallest absolute Gasteiger partial charge is 0.279 e. The number of rotatable bonds is 6. The number of nitrogens with zero attached hydrogens (tertiary/aromatic N) is 1. The Balaban J connectivity index is 2.50. The van der Waals surface area contributed by atoms with Crippen LogP contribution in [0.5, 0.6) is 0 Å². The van der Waals surface area contributed by atoms with Gasteiger partial charge in [0.1, 0.15) is 0 Å². The van der Waals surface area contributed by atoms with E-state index in [4.69, 9.17) is 5.73 Å². The van der Waals surface area contributed by atoms with Crippen molar-refractivity contribution in [3.05, 3.63) is 0 Å². The maximum atomic E-state index is 11.9. The highest BCUT2D eigenvalue weighted by atomic mass is 32.2. The highest BCUT2D eigenvalue weighted by Crippen LogP contribution is 2.30. The second-order valence-corrected chi connectivity index (χ2v) is 6.96. The van der Waals surface area contributed by atoms with Crippen LogP contribution in [0.25, 0.3) is 0 Å². The summed E-state index contributed by atoms with van der Waals surface area (Å²) in [5, 5.41) is 0. The average Bonchev–Trinajstić information content (AvgIpc) is 2.72. The third-order valence-corrected chi connectivity index (χ3v) is 5.46. The normalized spacial score (nSPS) is 26.0. The Morgan fingerprint density at radius 2 is 1.94 bits per heavy atom. The molecule has 3 N–H and O–H groups in total. The maximum absolute atomic E-state index is 11.9. The van der Waals surface area contributed by atoms with Crippen molar-refractivity contribution >= 4 is 10.2 Å². The third kappa shape index (κ3) is 3.91. The summed E-state index contributed by atoms with van der Waals surface area (Å²) >= 11 is 0. The van der Waals surface area contributed by atoms with Gasteiger partial charge in [0.05, 0.1) is 0 Å². The maximum Gasteiger partial charge on any atom is 0.279 e. The molecule has 0 spiro atoms. The number of nitrogens with two attached hydrogens (primary N) is 1. The molecule has 1 saturated carbocycles. The third-order valence-electron chi connectivity index (χ3n) is 3.75. The van der Waals surface area contributed by atoms with Crippen molar-refractivity contribution in [3.63, 3.8) is 0 Å². The van der Waals surface area contributed by atoms with Gasteiger partial charge in [-0.25, -0.2) is 4.72 Å². The van der Waals surface area contributed by atoms with E-state index in [-0.39, 0.29) is 6.04 Å². The first kappa shape index (κ1) is 14.9. The first-order chi connectivity index (χ1) is 7.88. The van der Waals surface area contributed by atoms with E-state index in [0.717, 1.165) is 19.3 Å². The predicted octanol–water partition coefficient (Wildman–Crippen LogP) is 0.536. The lowest BCUT2D eigenvalue weighted by Crippen LogP contribution is -2.44. The van der Waals surface area contributed by atoms with Gasteiger partial charge < -0.3 is 5.73 Å². The predicted molar refractivity (Wildman–Crippen MR) is 69.7 cm³/mol. The lowest BCUT2D eigenvalue weighted by Gasteiger charge is -2.24. The molecule has 0 aromatic heterocycles. The zero-order valence-electron chi connectivity index (χ0n) is 11.0. The molecule has 0 aromatic rings. The Hall–Kier alpha value is -0.170. The zero-order valence-corrected chi connectivity index (χ0v) is 11.8. The second kappa shape index (κ2) is 6.13. The fourth-order valence-corrected chi connectivity index (χ4v) is 3.47. The molecule has 0 aromatic carbocycles. The van der Waals surface area contributed by atoms with Crippen LogP contribution >= 0.6 is 0 Å². The molecule has 0 amide bonds. The van der Waals surface area contributed by atoms with Crippen LogP contribution in [-0.2, 0) is 10.2 Å². The molecule has 2 unspecified atom stereocenters. The van der Waals surface area contributed by atoms with Gasteiger partial charge in [-0.15, -0.1) is 0 Å². The Kier molecular flexibility index (Phi) is 5.37. The van der Waals surface area contributed by atoms with Gasteiger partial charge in [-0.05, 0) is 45.1 Å². The largest absolute Gasteiger partial charge is 0.330 e. The van der Waals surface area contributed by atoms with Crippen molar-refractivity contribution < 1.29 is 8.42 Å². The molecular formula is C11H25N3O2S. The van der Waals surface area contributed by atoms with E-state index in [1.807, 2.05) is 13.8 Å². The molecular weight excluding hydrogens is 238 g/mol. The highest BCUT2D eigenvalue weighted by molar-refractivity contribution is 7.87. The minimum atomic E-state index is -3.34. The molecule has 0 aliphatic heterocycles. The number of hydrogen-bond donors (Lipinski definition) is 2. The van der Waals surface area contributed by atoms with Gasteiger partial charge in [-0.1, -0.05) is 6.42 Å². The van der Waals surface area contributed by atoms with Gasteiger partial charge in [-0.2, -0.15) is 12.7 Å². The van der Waals surface area contributed by atoms with Crippen molar-refractivity contribution in [2.24, 2.45) is 17.6 Å². The molecule has 102 valence electrons. The summed E-state index contributed by atoms with van der Waals surface area (Å²) < 4.78 is 27.9. The molecule has 5 nitrogen and oxygen atoms in total. The zero-order chi connectivity index (χ0) is 13.1. The van der Waals surface area contributed by atoms with Gasteiger partial charge in [0, 0.05) is 19.6 Å². The van der Waals surface area contributed by atoms with E-state index in [1.54, 1.807) is 7.05 Å².